The van der Waals surface area contributed by atoms with Gasteiger partial charge in [0.15, 0.2) is 0 Å². The number of nitrogens with two attached hydrogens (primary N) is 1. The van der Waals surface area contributed by atoms with E-state index in [9.17, 15) is 17.6 Å². The summed E-state index contributed by atoms with van der Waals surface area (Å²) in [7, 11) is 0. The maximum absolute atomic E-state index is 13.6. The Bertz CT molecular complexity index is 628. The summed E-state index contributed by atoms with van der Waals surface area (Å²) in [6, 6.07) is 3.64. The lowest BCUT2D eigenvalue weighted by molar-refractivity contribution is -0.138. The molecule has 2 nitrogen and oxygen atoms in total. The SMILES string of the molecule is NC(c1ccncc1F)c1ccc(Br)cc1C(F)(F)F. The molecule has 106 valence electrons. The van der Waals surface area contributed by atoms with Crippen LogP contribution in [0.5, 0.6) is 0 Å². The standard InChI is InChI=1S/C13H9BrF4N2/c14-7-1-2-8(10(5-7)13(16,17)18)12(19)9-3-4-20-6-11(9)15/h1-6,12H,19H2. The zero-order valence-electron chi connectivity index (χ0n) is 9.96. The second-order valence-corrected chi connectivity index (χ2v) is 5.02. The number of halogens is 5. The Morgan fingerprint density at radius 2 is 1.85 bits per heavy atom. The van der Waals surface area contributed by atoms with Gasteiger partial charge < -0.3 is 5.73 Å². The number of rotatable bonds is 2. The summed E-state index contributed by atoms with van der Waals surface area (Å²) in [5, 5.41) is 0. The second-order valence-electron chi connectivity index (χ2n) is 4.10. The predicted octanol–water partition coefficient (Wildman–Crippen LogP) is 4.05. The number of hydrogen-bond acceptors (Lipinski definition) is 2. The molecule has 0 fully saturated rings. The van der Waals surface area contributed by atoms with E-state index < -0.39 is 23.6 Å². The molecule has 2 N–H and O–H groups in total. The van der Waals surface area contributed by atoms with Crippen LogP contribution in [0.2, 0.25) is 0 Å². The summed E-state index contributed by atoms with van der Waals surface area (Å²) in [6.07, 6.45) is -2.37. The van der Waals surface area contributed by atoms with E-state index in [1.54, 1.807) is 0 Å². The van der Waals surface area contributed by atoms with Gasteiger partial charge in [0.1, 0.15) is 5.82 Å². The highest BCUT2D eigenvalue weighted by Crippen LogP contribution is 2.37. The van der Waals surface area contributed by atoms with Crippen molar-refractivity contribution in [2.45, 2.75) is 12.2 Å². The molecule has 0 aliphatic heterocycles. The minimum absolute atomic E-state index is 0.0344. The molecule has 0 saturated heterocycles. The third-order valence-corrected chi connectivity index (χ3v) is 3.29. The van der Waals surface area contributed by atoms with Crippen molar-refractivity contribution in [1.82, 2.24) is 4.98 Å². The summed E-state index contributed by atoms with van der Waals surface area (Å²) >= 11 is 2.98. The Labute approximate surface area is 120 Å². The zero-order valence-corrected chi connectivity index (χ0v) is 11.5. The van der Waals surface area contributed by atoms with Crippen molar-refractivity contribution < 1.29 is 17.6 Å². The fourth-order valence-corrected chi connectivity index (χ4v) is 2.21. The van der Waals surface area contributed by atoms with E-state index in [-0.39, 0.29) is 15.6 Å². The van der Waals surface area contributed by atoms with Crippen molar-refractivity contribution in [2.24, 2.45) is 5.73 Å². The fraction of sp³-hybridized carbons (Fsp3) is 0.154. The van der Waals surface area contributed by atoms with Crippen LogP contribution in [0.3, 0.4) is 0 Å². The molecule has 0 radical (unpaired) electrons. The molecule has 0 aliphatic carbocycles. The molecular formula is C13H9BrF4N2. The van der Waals surface area contributed by atoms with E-state index >= 15 is 0 Å². The average Bonchev–Trinajstić information content (AvgIpc) is 2.37. The van der Waals surface area contributed by atoms with Gasteiger partial charge in [-0.05, 0) is 23.8 Å². The second kappa shape index (κ2) is 5.49. The van der Waals surface area contributed by atoms with E-state index in [0.717, 1.165) is 12.3 Å². The first-order chi connectivity index (χ1) is 9.30. The number of pyridine rings is 1. The van der Waals surface area contributed by atoms with Crippen LogP contribution in [0.4, 0.5) is 17.6 Å². The lowest BCUT2D eigenvalue weighted by atomic mass is 9.95. The van der Waals surface area contributed by atoms with Crippen LogP contribution in [0.1, 0.15) is 22.7 Å². The summed E-state index contributed by atoms with van der Waals surface area (Å²) in [5.41, 5.74) is 4.67. The molecule has 0 amide bonds. The van der Waals surface area contributed by atoms with Crippen LogP contribution in [-0.2, 0) is 6.18 Å². The smallest absolute Gasteiger partial charge is 0.320 e. The number of alkyl halides is 3. The van der Waals surface area contributed by atoms with Crippen LogP contribution in [0.15, 0.2) is 41.1 Å². The van der Waals surface area contributed by atoms with Gasteiger partial charge in [-0.1, -0.05) is 22.0 Å². The lowest BCUT2D eigenvalue weighted by Gasteiger charge is -2.19. The first-order valence-electron chi connectivity index (χ1n) is 5.52. The monoisotopic (exact) mass is 348 g/mol. The third kappa shape index (κ3) is 2.99. The molecular weight excluding hydrogens is 340 g/mol. The summed E-state index contributed by atoms with van der Waals surface area (Å²) in [4.78, 5) is 3.55. The van der Waals surface area contributed by atoms with Gasteiger partial charge in [0.2, 0.25) is 0 Å². The van der Waals surface area contributed by atoms with Crippen molar-refractivity contribution in [2.75, 3.05) is 0 Å². The van der Waals surface area contributed by atoms with Gasteiger partial charge in [-0.15, -0.1) is 0 Å². The quantitative estimate of drug-likeness (QED) is 0.831. The highest BCUT2D eigenvalue weighted by molar-refractivity contribution is 9.10. The Morgan fingerprint density at radius 1 is 1.15 bits per heavy atom. The molecule has 1 heterocycles. The maximum atomic E-state index is 13.6. The van der Waals surface area contributed by atoms with Crippen LogP contribution in [-0.4, -0.2) is 4.98 Å². The first kappa shape index (κ1) is 14.9. The van der Waals surface area contributed by atoms with E-state index in [1.807, 2.05) is 0 Å². The van der Waals surface area contributed by atoms with Crippen molar-refractivity contribution in [3.8, 4) is 0 Å². The Balaban J connectivity index is 2.56. The fourth-order valence-electron chi connectivity index (χ4n) is 1.85. The van der Waals surface area contributed by atoms with Crippen molar-refractivity contribution in [1.29, 1.82) is 0 Å². The average molecular weight is 349 g/mol. The van der Waals surface area contributed by atoms with Crippen LogP contribution in [0, 0.1) is 5.82 Å². The Hall–Kier alpha value is -1.47. The number of hydrogen-bond donors (Lipinski definition) is 1. The third-order valence-electron chi connectivity index (χ3n) is 2.79. The Kier molecular flexibility index (Phi) is 4.10. The molecule has 1 aromatic heterocycles. The van der Waals surface area contributed by atoms with Gasteiger partial charge in [-0.2, -0.15) is 13.2 Å². The topological polar surface area (TPSA) is 38.9 Å². The maximum Gasteiger partial charge on any atom is 0.416 e. The molecule has 1 unspecified atom stereocenters. The summed E-state index contributed by atoms with van der Waals surface area (Å²) in [5.74, 6) is -0.740. The molecule has 1 aromatic carbocycles. The predicted molar refractivity (Wildman–Crippen MR) is 69.4 cm³/mol. The molecule has 0 saturated carbocycles. The number of aromatic nitrogens is 1. The first-order valence-corrected chi connectivity index (χ1v) is 6.31. The van der Waals surface area contributed by atoms with E-state index in [4.69, 9.17) is 5.73 Å². The molecule has 0 bridgehead atoms. The van der Waals surface area contributed by atoms with E-state index in [0.29, 0.717) is 0 Å². The van der Waals surface area contributed by atoms with Gasteiger partial charge in [0.05, 0.1) is 17.8 Å². The normalized spacial score (nSPS) is 13.3. The van der Waals surface area contributed by atoms with Gasteiger partial charge >= 0.3 is 6.18 Å². The largest absolute Gasteiger partial charge is 0.416 e. The van der Waals surface area contributed by atoms with Gasteiger partial charge in [0, 0.05) is 16.2 Å². The molecule has 0 spiro atoms. The zero-order chi connectivity index (χ0) is 14.9. The minimum atomic E-state index is -4.57. The van der Waals surface area contributed by atoms with E-state index in [2.05, 4.69) is 20.9 Å². The van der Waals surface area contributed by atoms with Gasteiger partial charge in [-0.25, -0.2) is 4.39 Å². The summed E-state index contributed by atoms with van der Waals surface area (Å²) in [6.45, 7) is 0. The Morgan fingerprint density at radius 3 is 2.45 bits per heavy atom. The highest BCUT2D eigenvalue weighted by atomic mass is 79.9. The molecule has 20 heavy (non-hydrogen) atoms. The number of benzene rings is 1. The van der Waals surface area contributed by atoms with E-state index in [1.165, 1.54) is 24.4 Å². The summed E-state index contributed by atoms with van der Waals surface area (Å²) < 4.78 is 52.9. The molecule has 1 atom stereocenters. The van der Waals surface area contributed by atoms with Crippen molar-refractivity contribution >= 4 is 15.9 Å². The highest BCUT2D eigenvalue weighted by Gasteiger charge is 2.35. The van der Waals surface area contributed by atoms with Crippen LogP contribution < -0.4 is 5.73 Å². The molecule has 7 heteroatoms. The van der Waals surface area contributed by atoms with Gasteiger partial charge in [-0.3, -0.25) is 4.98 Å². The molecule has 2 rings (SSSR count). The number of nitrogens with zero attached hydrogens (tertiary/aromatic N) is 1. The van der Waals surface area contributed by atoms with Crippen molar-refractivity contribution in [3.05, 3.63) is 63.6 Å². The van der Waals surface area contributed by atoms with Crippen LogP contribution >= 0.6 is 15.9 Å². The minimum Gasteiger partial charge on any atom is -0.320 e. The molecule has 2 aromatic rings. The van der Waals surface area contributed by atoms with Crippen molar-refractivity contribution in [3.63, 3.8) is 0 Å². The van der Waals surface area contributed by atoms with Crippen LogP contribution in [0.25, 0.3) is 0 Å². The van der Waals surface area contributed by atoms with Gasteiger partial charge in [0.25, 0.3) is 0 Å². The lowest BCUT2D eigenvalue weighted by Crippen LogP contribution is -2.19. The molecule has 0 aliphatic rings.